The highest BCUT2D eigenvalue weighted by molar-refractivity contribution is 5.90. The molecule has 110 valence electrons. The number of piperidine rings is 1. The summed E-state index contributed by atoms with van der Waals surface area (Å²) < 4.78 is 0. The predicted molar refractivity (Wildman–Crippen MR) is 82.9 cm³/mol. The second-order valence-electron chi connectivity index (χ2n) is 6.24. The molecular weight excluding hydrogens is 250 g/mol. The summed E-state index contributed by atoms with van der Waals surface area (Å²) in [5.74, 6) is 2.17. The van der Waals surface area contributed by atoms with Crippen molar-refractivity contribution < 1.29 is 4.79 Å². The molecule has 0 saturated carbocycles. The van der Waals surface area contributed by atoms with Crippen molar-refractivity contribution in [3.05, 3.63) is 18.3 Å². The van der Waals surface area contributed by atoms with Crippen molar-refractivity contribution in [3.8, 4) is 0 Å². The number of nitrogens with zero attached hydrogens (tertiary/aromatic N) is 2. The Morgan fingerprint density at radius 2 is 2.30 bits per heavy atom. The van der Waals surface area contributed by atoms with Crippen molar-refractivity contribution in [2.24, 2.45) is 11.8 Å². The van der Waals surface area contributed by atoms with Crippen LogP contribution in [0.1, 0.15) is 40.0 Å². The van der Waals surface area contributed by atoms with Crippen molar-refractivity contribution in [1.82, 2.24) is 4.98 Å². The van der Waals surface area contributed by atoms with E-state index in [1.807, 2.05) is 26.0 Å². The number of amides is 1. The molecule has 1 fully saturated rings. The molecule has 0 aromatic carbocycles. The third-order valence-electron chi connectivity index (χ3n) is 3.61. The summed E-state index contributed by atoms with van der Waals surface area (Å²) >= 11 is 0. The van der Waals surface area contributed by atoms with Gasteiger partial charge in [0.05, 0.1) is 11.9 Å². The third kappa shape index (κ3) is 4.22. The molecule has 1 unspecified atom stereocenters. The molecule has 0 radical (unpaired) electrons. The van der Waals surface area contributed by atoms with Gasteiger partial charge < -0.3 is 10.2 Å². The molecule has 1 aromatic heterocycles. The van der Waals surface area contributed by atoms with E-state index in [2.05, 4.69) is 22.1 Å². The molecule has 4 heteroatoms. The molecule has 1 aliphatic heterocycles. The quantitative estimate of drug-likeness (QED) is 0.917. The molecule has 1 aliphatic rings. The summed E-state index contributed by atoms with van der Waals surface area (Å²) in [4.78, 5) is 18.5. The number of hydrogen-bond acceptors (Lipinski definition) is 3. The average Bonchev–Trinajstić information content (AvgIpc) is 2.38. The first kappa shape index (κ1) is 14.8. The Bertz CT molecular complexity index is 442. The zero-order valence-corrected chi connectivity index (χ0v) is 12.7. The van der Waals surface area contributed by atoms with Crippen molar-refractivity contribution in [2.75, 3.05) is 23.3 Å². The molecule has 1 aromatic rings. The summed E-state index contributed by atoms with van der Waals surface area (Å²) in [5.41, 5.74) is 0.782. The van der Waals surface area contributed by atoms with E-state index in [1.54, 1.807) is 6.20 Å². The fourth-order valence-corrected chi connectivity index (χ4v) is 2.63. The van der Waals surface area contributed by atoms with Crippen LogP contribution in [0.5, 0.6) is 0 Å². The zero-order chi connectivity index (χ0) is 14.5. The first-order chi connectivity index (χ1) is 9.54. The van der Waals surface area contributed by atoms with Gasteiger partial charge in [0.25, 0.3) is 0 Å². The Labute approximate surface area is 121 Å². The van der Waals surface area contributed by atoms with Gasteiger partial charge in [0, 0.05) is 19.5 Å². The van der Waals surface area contributed by atoms with E-state index in [1.165, 1.54) is 12.8 Å². The number of anilines is 2. The van der Waals surface area contributed by atoms with Crippen LogP contribution in [0.15, 0.2) is 18.3 Å². The topological polar surface area (TPSA) is 45.2 Å². The monoisotopic (exact) mass is 275 g/mol. The molecule has 2 rings (SSSR count). The van der Waals surface area contributed by atoms with Crippen LogP contribution in [0.4, 0.5) is 11.5 Å². The van der Waals surface area contributed by atoms with Crippen LogP contribution in [0, 0.1) is 11.8 Å². The summed E-state index contributed by atoms with van der Waals surface area (Å²) in [6.45, 7) is 8.52. The smallest absolute Gasteiger partial charge is 0.224 e. The first-order valence-electron chi connectivity index (χ1n) is 7.55. The van der Waals surface area contributed by atoms with Crippen LogP contribution in [0.25, 0.3) is 0 Å². The number of aromatic nitrogens is 1. The molecule has 0 bridgehead atoms. The number of nitrogens with one attached hydrogen (secondary N) is 1. The summed E-state index contributed by atoms with van der Waals surface area (Å²) in [6.07, 6.45) is 4.84. The molecule has 4 nitrogen and oxygen atoms in total. The minimum atomic E-state index is 0.0566. The number of carbonyl (C=O) groups excluding carboxylic acids is 1. The van der Waals surface area contributed by atoms with Gasteiger partial charge in [-0.15, -0.1) is 0 Å². The molecule has 1 N–H and O–H groups in total. The molecule has 0 aliphatic carbocycles. The largest absolute Gasteiger partial charge is 0.356 e. The highest BCUT2D eigenvalue weighted by Crippen LogP contribution is 2.22. The average molecular weight is 275 g/mol. The van der Waals surface area contributed by atoms with E-state index in [0.29, 0.717) is 12.3 Å². The summed E-state index contributed by atoms with van der Waals surface area (Å²) in [6, 6.07) is 3.95. The Morgan fingerprint density at radius 3 is 2.90 bits per heavy atom. The maximum atomic E-state index is 11.7. The maximum Gasteiger partial charge on any atom is 0.224 e. The lowest BCUT2D eigenvalue weighted by molar-refractivity contribution is -0.116. The maximum absolute atomic E-state index is 11.7. The minimum Gasteiger partial charge on any atom is -0.356 e. The van der Waals surface area contributed by atoms with Gasteiger partial charge in [0.1, 0.15) is 5.82 Å². The van der Waals surface area contributed by atoms with E-state index in [0.717, 1.165) is 30.5 Å². The van der Waals surface area contributed by atoms with Gasteiger partial charge >= 0.3 is 0 Å². The Kier molecular flexibility index (Phi) is 4.99. The Hall–Kier alpha value is -1.58. The lowest BCUT2D eigenvalue weighted by Gasteiger charge is -2.31. The standard InChI is InChI=1S/C16H25N3O/c1-12(2)9-16(20)18-14-6-7-15(17-10-14)19-8-4-5-13(3)11-19/h6-7,10,12-13H,4-5,8-9,11H2,1-3H3,(H,18,20). The normalized spacial score (nSPS) is 19.2. The molecule has 2 heterocycles. The second-order valence-corrected chi connectivity index (χ2v) is 6.24. The summed E-state index contributed by atoms with van der Waals surface area (Å²) in [7, 11) is 0. The van der Waals surface area contributed by atoms with E-state index < -0.39 is 0 Å². The van der Waals surface area contributed by atoms with Crippen LogP contribution in [-0.4, -0.2) is 24.0 Å². The van der Waals surface area contributed by atoms with E-state index >= 15 is 0 Å². The predicted octanol–water partition coefficient (Wildman–Crippen LogP) is 3.30. The summed E-state index contributed by atoms with van der Waals surface area (Å²) in [5, 5.41) is 2.89. The molecule has 20 heavy (non-hydrogen) atoms. The highest BCUT2D eigenvalue weighted by Gasteiger charge is 2.17. The lowest BCUT2D eigenvalue weighted by atomic mass is 10.0. The van der Waals surface area contributed by atoms with Crippen LogP contribution in [0.2, 0.25) is 0 Å². The molecule has 1 amide bonds. The molecule has 1 saturated heterocycles. The van der Waals surface area contributed by atoms with Crippen LogP contribution in [-0.2, 0) is 4.79 Å². The second kappa shape index (κ2) is 6.73. The number of hydrogen-bond donors (Lipinski definition) is 1. The van der Waals surface area contributed by atoms with Crippen molar-refractivity contribution in [3.63, 3.8) is 0 Å². The van der Waals surface area contributed by atoms with E-state index in [4.69, 9.17) is 0 Å². The van der Waals surface area contributed by atoms with E-state index in [-0.39, 0.29) is 5.91 Å². The number of rotatable bonds is 4. The van der Waals surface area contributed by atoms with Crippen LogP contribution < -0.4 is 10.2 Å². The van der Waals surface area contributed by atoms with Crippen molar-refractivity contribution in [2.45, 2.75) is 40.0 Å². The SMILES string of the molecule is CC(C)CC(=O)Nc1ccc(N2CCCC(C)C2)nc1. The Morgan fingerprint density at radius 1 is 1.50 bits per heavy atom. The van der Waals surface area contributed by atoms with Crippen molar-refractivity contribution in [1.29, 1.82) is 0 Å². The van der Waals surface area contributed by atoms with Gasteiger partial charge in [-0.25, -0.2) is 4.98 Å². The van der Waals surface area contributed by atoms with Gasteiger partial charge in [-0.05, 0) is 36.8 Å². The van der Waals surface area contributed by atoms with Gasteiger partial charge in [-0.1, -0.05) is 20.8 Å². The van der Waals surface area contributed by atoms with Gasteiger partial charge in [-0.3, -0.25) is 4.79 Å². The number of carbonyl (C=O) groups is 1. The molecular formula is C16H25N3O. The minimum absolute atomic E-state index is 0.0566. The first-order valence-corrected chi connectivity index (χ1v) is 7.55. The van der Waals surface area contributed by atoms with Gasteiger partial charge in [0.2, 0.25) is 5.91 Å². The third-order valence-corrected chi connectivity index (χ3v) is 3.61. The molecule has 0 spiro atoms. The fraction of sp³-hybridized carbons (Fsp3) is 0.625. The van der Waals surface area contributed by atoms with Crippen LogP contribution in [0.3, 0.4) is 0 Å². The number of pyridine rings is 1. The van der Waals surface area contributed by atoms with Crippen molar-refractivity contribution >= 4 is 17.4 Å². The van der Waals surface area contributed by atoms with Gasteiger partial charge in [-0.2, -0.15) is 0 Å². The Balaban J connectivity index is 1.94. The fourth-order valence-electron chi connectivity index (χ4n) is 2.63. The zero-order valence-electron chi connectivity index (χ0n) is 12.7. The highest BCUT2D eigenvalue weighted by atomic mass is 16.1. The molecule has 1 atom stereocenters. The lowest BCUT2D eigenvalue weighted by Crippen LogP contribution is -2.34. The van der Waals surface area contributed by atoms with Crippen LogP contribution >= 0.6 is 0 Å². The van der Waals surface area contributed by atoms with E-state index in [9.17, 15) is 4.79 Å². The van der Waals surface area contributed by atoms with Gasteiger partial charge in [0.15, 0.2) is 0 Å².